The molecular formula is C10H13NO. The van der Waals surface area contributed by atoms with E-state index in [2.05, 4.69) is 6.07 Å². The lowest BCUT2D eigenvalue weighted by Crippen LogP contribution is -2.18. The van der Waals surface area contributed by atoms with Gasteiger partial charge in [0.2, 0.25) is 0 Å². The van der Waals surface area contributed by atoms with E-state index in [0.29, 0.717) is 5.92 Å². The van der Waals surface area contributed by atoms with Gasteiger partial charge in [-0.3, -0.25) is 4.79 Å². The van der Waals surface area contributed by atoms with Crippen molar-refractivity contribution in [3.63, 3.8) is 0 Å². The predicted octanol–water partition coefficient (Wildman–Crippen LogP) is 1.57. The summed E-state index contributed by atoms with van der Waals surface area (Å²) in [6, 6.07) is 3.89. The van der Waals surface area contributed by atoms with E-state index in [4.69, 9.17) is 0 Å². The zero-order chi connectivity index (χ0) is 8.72. The molecule has 1 fully saturated rings. The molecule has 0 N–H and O–H groups in total. The van der Waals surface area contributed by atoms with Crippen molar-refractivity contribution in [3.8, 4) is 0 Å². The molecule has 1 heterocycles. The van der Waals surface area contributed by atoms with Crippen LogP contribution < -0.4 is 5.56 Å². The van der Waals surface area contributed by atoms with Gasteiger partial charge in [-0.1, -0.05) is 0 Å². The van der Waals surface area contributed by atoms with E-state index >= 15 is 0 Å². The Bertz CT molecular complexity index is 361. The summed E-state index contributed by atoms with van der Waals surface area (Å²) in [4.78, 5) is 11.4. The van der Waals surface area contributed by atoms with E-state index in [1.165, 1.54) is 18.4 Å². The molecule has 1 aromatic rings. The van der Waals surface area contributed by atoms with Gasteiger partial charge >= 0.3 is 0 Å². The standard InChI is InChI=1S/C10H13NO/c1-7-5-9(8-3-4-8)6-10(12)11(7)2/h5-6,8H,3-4H2,1-2H3. The molecule has 0 unspecified atom stereocenters. The van der Waals surface area contributed by atoms with Crippen molar-refractivity contribution in [1.82, 2.24) is 4.57 Å². The number of hydrogen-bond acceptors (Lipinski definition) is 1. The first-order valence-electron chi connectivity index (χ1n) is 4.36. The molecule has 0 spiro atoms. The number of aryl methyl sites for hydroxylation is 1. The first-order valence-corrected chi connectivity index (χ1v) is 4.36. The van der Waals surface area contributed by atoms with Crippen LogP contribution >= 0.6 is 0 Å². The van der Waals surface area contributed by atoms with E-state index in [1.807, 2.05) is 14.0 Å². The smallest absolute Gasteiger partial charge is 0.250 e. The molecular weight excluding hydrogens is 150 g/mol. The molecule has 0 atom stereocenters. The van der Waals surface area contributed by atoms with Gasteiger partial charge in [0.1, 0.15) is 0 Å². The van der Waals surface area contributed by atoms with Crippen LogP contribution in [0.3, 0.4) is 0 Å². The fraction of sp³-hybridized carbons (Fsp3) is 0.500. The van der Waals surface area contributed by atoms with Crippen LogP contribution in [0.5, 0.6) is 0 Å². The number of pyridine rings is 1. The van der Waals surface area contributed by atoms with E-state index < -0.39 is 0 Å². The summed E-state index contributed by atoms with van der Waals surface area (Å²) in [6.45, 7) is 1.98. The monoisotopic (exact) mass is 163 g/mol. The molecule has 2 rings (SSSR count). The molecule has 12 heavy (non-hydrogen) atoms. The van der Waals surface area contributed by atoms with Crippen molar-refractivity contribution < 1.29 is 0 Å². The van der Waals surface area contributed by atoms with Gasteiger partial charge in [0.25, 0.3) is 5.56 Å². The third-order valence-electron chi connectivity index (χ3n) is 2.57. The number of aromatic nitrogens is 1. The lowest BCUT2D eigenvalue weighted by molar-refractivity contribution is 0.809. The van der Waals surface area contributed by atoms with E-state index in [0.717, 1.165) is 5.69 Å². The Kier molecular flexibility index (Phi) is 1.56. The summed E-state index contributed by atoms with van der Waals surface area (Å²) >= 11 is 0. The van der Waals surface area contributed by atoms with Crippen LogP contribution in [-0.4, -0.2) is 4.57 Å². The van der Waals surface area contributed by atoms with Crippen molar-refractivity contribution in [2.45, 2.75) is 25.7 Å². The molecule has 0 bridgehead atoms. The Morgan fingerprint density at radius 2 is 2.08 bits per heavy atom. The zero-order valence-electron chi connectivity index (χ0n) is 7.50. The van der Waals surface area contributed by atoms with Gasteiger partial charge in [0.05, 0.1) is 0 Å². The summed E-state index contributed by atoms with van der Waals surface area (Å²) in [5.41, 5.74) is 2.41. The maximum Gasteiger partial charge on any atom is 0.250 e. The van der Waals surface area contributed by atoms with Gasteiger partial charge in [0, 0.05) is 18.8 Å². The quantitative estimate of drug-likeness (QED) is 0.616. The molecule has 0 aliphatic heterocycles. The van der Waals surface area contributed by atoms with Gasteiger partial charge in [0.15, 0.2) is 0 Å². The number of nitrogens with zero attached hydrogens (tertiary/aromatic N) is 1. The van der Waals surface area contributed by atoms with Crippen molar-refractivity contribution in [2.24, 2.45) is 7.05 Å². The highest BCUT2D eigenvalue weighted by Crippen LogP contribution is 2.39. The fourth-order valence-electron chi connectivity index (χ4n) is 1.45. The van der Waals surface area contributed by atoms with Crippen LogP contribution in [-0.2, 0) is 7.05 Å². The van der Waals surface area contributed by atoms with Gasteiger partial charge in [-0.2, -0.15) is 0 Å². The Morgan fingerprint density at radius 1 is 1.42 bits per heavy atom. The van der Waals surface area contributed by atoms with Crippen molar-refractivity contribution in [1.29, 1.82) is 0 Å². The molecule has 2 heteroatoms. The molecule has 1 aliphatic rings. The first kappa shape index (κ1) is 7.59. The summed E-state index contributed by atoms with van der Waals surface area (Å²) in [7, 11) is 1.81. The van der Waals surface area contributed by atoms with Crippen LogP contribution in [0.25, 0.3) is 0 Å². The maximum atomic E-state index is 11.4. The third-order valence-corrected chi connectivity index (χ3v) is 2.57. The second-order valence-corrected chi connectivity index (χ2v) is 3.60. The summed E-state index contributed by atoms with van der Waals surface area (Å²) < 4.78 is 1.69. The highest BCUT2D eigenvalue weighted by molar-refractivity contribution is 5.24. The normalized spacial score (nSPS) is 16.5. The second-order valence-electron chi connectivity index (χ2n) is 3.60. The van der Waals surface area contributed by atoms with E-state index in [1.54, 1.807) is 10.6 Å². The third kappa shape index (κ3) is 1.17. The first-order chi connectivity index (χ1) is 5.68. The SMILES string of the molecule is Cc1cc(C2CC2)cc(=O)n1C. The van der Waals surface area contributed by atoms with E-state index in [-0.39, 0.29) is 5.56 Å². The van der Waals surface area contributed by atoms with Crippen LogP contribution in [0.1, 0.15) is 30.0 Å². The predicted molar refractivity (Wildman–Crippen MR) is 48.4 cm³/mol. The molecule has 0 saturated heterocycles. The zero-order valence-corrected chi connectivity index (χ0v) is 7.50. The van der Waals surface area contributed by atoms with Crippen molar-refractivity contribution in [3.05, 3.63) is 33.7 Å². The van der Waals surface area contributed by atoms with Gasteiger partial charge in [-0.15, -0.1) is 0 Å². The van der Waals surface area contributed by atoms with Crippen LogP contribution in [0, 0.1) is 6.92 Å². The molecule has 1 aliphatic carbocycles. The van der Waals surface area contributed by atoms with Crippen LogP contribution in [0.15, 0.2) is 16.9 Å². The minimum Gasteiger partial charge on any atom is -0.316 e. The topological polar surface area (TPSA) is 22.0 Å². The largest absolute Gasteiger partial charge is 0.316 e. The Balaban J connectivity index is 2.53. The minimum atomic E-state index is 0.122. The maximum absolute atomic E-state index is 11.4. The fourth-order valence-corrected chi connectivity index (χ4v) is 1.45. The lowest BCUT2D eigenvalue weighted by Gasteiger charge is -2.04. The van der Waals surface area contributed by atoms with Crippen molar-refractivity contribution in [2.75, 3.05) is 0 Å². The Hall–Kier alpha value is -1.05. The number of rotatable bonds is 1. The molecule has 0 aromatic carbocycles. The highest BCUT2D eigenvalue weighted by Gasteiger charge is 2.24. The minimum absolute atomic E-state index is 0.122. The summed E-state index contributed by atoms with van der Waals surface area (Å²) in [5.74, 6) is 0.678. The molecule has 1 aromatic heterocycles. The highest BCUT2D eigenvalue weighted by atomic mass is 16.1. The number of hydrogen-bond donors (Lipinski definition) is 0. The van der Waals surface area contributed by atoms with Crippen LogP contribution in [0.2, 0.25) is 0 Å². The van der Waals surface area contributed by atoms with Gasteiger partial charge in [-0.05, 0) is 37.3 Å². The molecule has 0 amide bonds. The molecule has 0 radical (unpaired) electrons. The lowest BCUT2D eigenvalue weighted by atomic mass is 10.1. The van der Waals surface area contributed by atoms with Gasteiger partial charge in [-0.25, -0.2) is 0 Å². The Labute approximate surface area is 71.8 Å². The Morgan fingerprint density at radius 3 is 2.58 bits per heavy atom. The van der Waals surface area contributed by atoms with Crippen molar-refractivity contribution >= 4 is 0 Å². The average Bonchev–Trinajstić information content (AvgIpc) is 2.81. The van der Waals surface area contributed by atoms with Crippen LogP contribution in [0.4, 0.5) is 0 Å². The van der Waals surface area contributed by atoms with E-state index in [9.17, 15) is 4.79 Å². The molecule has 1 saturated carbocycles. The summed E-state index contributed by atoms with van der Waals surface area (Å²) in [6.07, 6.45) is 2.51. The molecule has 2 nitrogen and oxygen atoms in total. The second kappa shape index (κ2) is 2.47. The molecule has 64 valence electrons. The van der Waals surface area contributed by atoms with Gasteiger partial charge < -0.3 is 4.57 Å². The summed E-state index contributed by atoms with van der Waals surface area (Å²) in [5, 5.41) is 0. The average molecular weight is 163 g/mol.